The predicted molar refractivity (Wildman–Crippen MR) is 99.3 cm³/mol. The summed E-state index contributed by atoms with van der Waals surface area (Å²) in [5, 5.41) is 14.4. The van der Waals surface area contributed by atoms with Crippen molar-refractivity contribution in [2.45, 2.75) is 13.3 Å². The first-order chi connectivity index (χ1) is 12.0. The monoisotopic (exact) mass is 358 g/mol. The number of thiocarbonyl (C=S) groups is 1. The maximum atomic E-state index is 12.2. The van der Waals surface area contributed by atoms with Gasteiger partial charge in [-0.15, -0.1) is 0 Å². The van der Waals surface area contributed by atoms with Gasteiger partial charge >= 0.3 is 5.97 Å². The molecule has 0 unspecified atom stereocenters. The maximum absolute atomic E-state index is 12.2. The molecule has 0 radical (unpaired) electrons. The Morgan fingerprint density at radius 3 is 2.48 bits per heavy atom. The number of carbonyl (C=O) groups excluding carboxylic acids is 1. The SMILES string of the molecule is CCCOc1cccc(C(=O)NC(=S)Nc2ccc(C(=O)O)cc2)c1. The molecule has 0 bridgehead atoms. The summed E-state index contributed by atoms with van der Waals surface area (Å²) in [4.78, 5) is 23.1. The zero-order chi connectivity index (χ0) is 18.2. The Morgan fingerprint density at radius 2 is 1.84 bits per heavy atom. The number of benzene rings is 2. The third-order valence-electron chi connectivity index (χ3n) is 3.19. The number of hydrogen-bond acceptors (Lipinski definition) is 4. The van der Waals surface area contributed by atoms with Gasteiger partial charge in [0.05, 0.1) is 12.2 Å². The summed E-state index contributed by atoms with van der Waals surface area (Å²) < 4.78 is 5.50. The minimum absolute atomic E-state index is 0.118. The van der Waals surface area contributed by atoms with Crippen LogP contribution in [-0.4, -0.2) is 28.7 Å². The molecule has 0 aliphatic carbocycles. The first-order valence-electron chi connectivity index (χ1n) is 7.68. The molecule has 7 heteroatoms. The lowest BCUT2D eigenvalue weighted by molar-refractivity contribution is 0.0696. The molecule has 2 rings (SSSR count). The zero-order valence-electron chi connectivity index (χ0n) is 13.6. The van der Waals surface area contributed by atoms with E-state index in [1.807, 2.05) is 6.92 Å². The number of aromatic carboxylic acids is 1. The largest absolute Gasteiger partial charge is 0.494 e. The molecule has 6 nitrogen and oxygen atoms in total. The van der Waals surface area contributed by atoms with Gasteiger partial charge in [-0.2, -0.15) is 0 Å². The molecule has 0 spiro atoms. The summed E-state index contributed by atoms with van der Waals surface area (Å²) in [6.45, 7) is 2.58. The number of hydrogen-bond donors (Lipinski definition) is 3. The lowest BCUT2D eigenvalue weighted by Gasteiger charge is -2.11. The molecule has 0 aromatic heterocycles. The van der Waals surface area contributed by atoms with Crippen LogP contribution in [-0.2, 0) is 0 Å². The van der Waals surface area contributed by atoms with Crippen molar-refractivity contribution in [3.8, 4) is 5.75 Å². The number of carboxylic acid groups (broad SMARTS) is 1. The van der Waals surface area contributed by atoms with Gasteiger partial charge in [0.2, 0.25) is 0 Å². The molecule has 130 valence electrons. The van der Waals surface area contributed by atoms with E-state index >= 15 is 0 Å². The Hall–Kier alpha value is -2.93. The van der Waals surface area contributed by atoms with Crippen molar-refractivity contribution in [1.29, 1.82) is 0 Å². The normalized spacial score (nSPS) is 9.96. The van der Waals surface area contributed by atoms with Gasteiger partial charge < -0.3 is 15.2 Å². The smallest absolute Gasteiger partial charge is 0.335 e. The van der Waals surface area contributed by atoms with Crippen molar-refractivity contribution in [1.82, 2.24) is 5.32 Å². The van der Waals surface area contributed by atoms with Gasteiger partial charge in [-0.05, 0) is 61.1 Å². The lowest BCUT2D eigenvalue weighted by Crippen LogP contribution is -2.34. The van der Waals surface area contributed by atoms with Crippen LogP contribution in [0.25, 0.3) is 0 Å². The first kappa shape index (κ1) is 18.4. The molecule has 0 aliphatic rings. The first-order valence-corrected chi connectivity index (χ1v) is 8.09. The van der Waals surface area contributed by atoms with Crippen LogP contribution in [0.2, 0.25) is 0 Å². The molecule has 1 amide bonds. The molecule has 3 N–H and O–H groups in total. The van der Waals surface area contributed by atoms with Crippen molar-refractivity contribution in [3.05, 3.63) is 59.7 Å². The van der Waals surface area contributed by atoms with Crippen LogP contribution in [0.4, 0.5) is 5.69 Å². The summed E-state index contributed by atoms with van der Waals surface area (Å²) >= 11 is 5.11. The van der Waals surface area contributed by atoms with Gasteiger partial charge in [-0.3, -0.25) is 10.1 Å². The Bertz CT molecular complexity index is 775. The molecule has 0 saturated carbocycles. The van der Waals surface area contributed by atoms with Crippen molar-refractivity contribution < 1.29 is 19.4 Å². The minimum atomic E-state index is -1.01. The molecule has 0 heterocycles. The Labute approximate surface area is 150 Å². The Balaban J connectivity index is 1.95. The van der Waals surface area contributed by atoms with Crippen molar-refractivity contribution in [2.75, 3.05) is 11.9 Å². The van der Waals surface area contributed by atoms with Crippen LogP contribution in [0, 0.1) is 0 Å². The highest BCUT2D eigenvalue weighted by Crippen LogP contribution is 2.14. The van der Waals surface area contributed by atoms with Gasteiger partial charge in [-0.25, -0.2) is 4.79 Å². The second-order valence-electron chi connectivity index (χ2n) is 5.17. The van der Waals surface area contributed by atoms with Gasteiger partial charge in [0.1, 0.15) is 5.75 Å². The molecular weight excluding hydrogens is 340 g/mol. The molecule has 0 atom stereocenters. The third-order valence-corrected chi connectivity index (χ3v) is 3.39. The minimum Gasteiger partial charge on any atom is -0.494 e. The molecule has 2 aromatic rings. The fourth-order valence-corrected chi connectivity index (χ4v) is 2.19. The summed E-state index contributed by atoms with van der Waals surface area (Å²) in [5.74, 6) is -0.744. The molecular formula is C18H18N2O4S. The van der Waals surface area contributed by atoms with Gasteiger partial charge in [0.15, 0.2) is 5.11 Å². The standard InChI is InChI=1S/C18H18N2O4S/c1-2-10-24-15-5-3-4-13(11-15)16(21)20-18(25)19-14-8-6-12(7-9-14)17(22)23/h3-9,11H,2,10H2,1H3,(H,22,23)(H2,19,20,21,25). The Morgan fingerprint density at radius 1 is 1.12 bits per heavy atom. The summed E-state index contributed by atoms with van der Waals surface area (Å²) in [7, 11) is 0. The van der Waals surface area contributed by atoms with E-state index in [1.165, 1.54) is 12.1 Å². The molecule has 0 saturated heterocycles. The second kappa shape index (κ2) is 8.79. The van der Waals surface area contributed by atoms with E-state index in [-0.39, 0.29) is 16.6 Å². The number of ether oxygens (including phenoxy) is 1. The molecule has 25 heavy (non-hydrogen) atoms. The van der Waals surface area contributed by atoms with Gasteiger partial charge in [-0.1, -0.05) is 13.0 Å². The molecule has 0 fully saturated rings. The number of carboxylic acids is 1. The van der Waals surface area contributed by atoms with E-state index in [0.29, 0.717) is 23.6 Å². The number of anilines is 1. The maximum Gasteiger partial charge on any atom is 0.335 e. The highest BCUT2D eigenvalue weighted by molar-refractivity contribution is 7.80. The lowest BCUT2D eigenvalue weighted by atomic mass is 10.2. The number of nitrogens with one attached hydrogen (secondary N) is 2. The van der Waals surface area contributed by atoms with Gasteiger partial charge in [0, 0.05) is 11.3 Å². The second-order valence-corrected chi connectivity index (χ2v) is 5.58. The molecule has 2 aromatic carbocycles. The van der Waals surface area contributed by atoms with Crippen molar-refractivity contribution in [2.24, 2.45) is 0 Å². The zero-order valence-corrected chi connectivity index (χ0v) is 14.4. The predicted octanol–water partition coefficient (Wildman–Crippen LogP) is 3.30. The van der Waals surface area contributed by atoms with Crippen LogP contribution >= 0.6 is 12.2 Å². The van der Waals surface area contributed by atoms with E-state index in [4.69, 9.17) is 22.1 Å². The number of carbonyl (C=O) groups is 2. The summed E-state index contributed by atoms with van der Waals surface area (Å²) in [6, 6.07) is 12.9. The highest BCUT2D eigenvalue weighted by Gasteiger charge is 2.09. The fraction of sp³-hybridized carbons (Fsp3) is 0.167. The summed E-state index contributed by atoms with van der Waals surface area (Å²) in [6.07, 6.45) is 0.880. The van der Waals surface area contributed by atoms with E-state index in [1.54, 1.807) is 36.4 Å². The van der Waals surface area contributed by atoms with E-state index in [9.17, 15) is 9.59 Å². The van der Waals surface area contributed by atoms with Gasteiger partial charge in [0.25, 0.3) is 5.91 Å². The van der Waals surface area contributed by atoms with Crippen LogP contribution in [0.3, 0.4) is 0 Å². The quantitative estimate of drug-likeness (QED) is 0.687. The number of rotatable bonds is 6. The number of amides is 1. The highest BCUT2D eigenvalue weighted by atomic mass is 32.1. The Kier molecular flexibility index (Phi) is 6.47. The van der Waals surface area contributed by atoms with E-state index < -0.39 is 5.97 Å². The van der Waals surface area contributed by atoms with Crippen molar-refractivity contribution >= 4 is 34.9 Å². The van der Waals surface area contributed by atoms with Crippen LogP contribution in [0.5, 0.6) is 5.75 Å². The van der Waals surface area contributed by atoms with E-state index in [0.717, 1.165) is 6.42 Å². The van der Waals surface area contributed by atoms with Crippen molar-refractivity contribution in [3.63, 3.8) is 0 Å². The van der Waals surface area contributed by atoms with E-state index in [2.05, 4.69) is 10.6 Å². The average Bonchev–Trinajstić information content (AvgIpc) is 2.60. The van der Waals surface area contributed by atoms with Crippen LogP contribution < -0.4 is 15.4 Å². The average molecular weight is 358 g/mol. The summed E-state index contributed by atoms with van der Waals surface area (Å²) in [5.41, 5.74) is 1.18. The molecule has 0 aliphatic heterocycles. The topological polar surface area (TPSA) is 87.7 Å². The van der Waals surface area contributed by atoms with Crippen LogP contribution in [0.15, 0.2) is 48.5 Å². The third kappa shape index (κ3) is 5.58. The fourth-order valence-electron chi connectivity index (χ4n) is 1.98. The van der Waals surface area contributed by atoms with Crippen LogP contribution in [0.1, 0.15) is 34.1 Å².